The third kappa shape index (κ3) is 2.00. The number of halogens is 1. The van der Waals surface area contributed by atoms with Gasteiger partial charge in [0.05, 0.1) is 5.69 Å². The second-order valence-corrected chi connectivity index (χ2v) is 4.50. The summed E-state index contributed by atoms with van der Waals surface area (Å²) in [6, 6.07) is 6.03. The molecule has 0 saturated heterocycles. The minimum atomic E-state index is 0.888. The third-order valence-electron chi connectivity index (χ3n) is 2.47. The Kier molecular flexibility index (Phi) is 3.33. The molecular weight excluding hydrogens is 268 g/mol. The monoisotopic (exact) mass is 280 g/mol. The average molecular weight is 281 g/mol. The Hall–Kier alpha value is -1.23. The van der Waals surface area contributed by atoms with Gasteiger partial charge in [-0.2, -0.15) is 4.68 Å². The van der Waals surface area contributed by atoms with Gasteiger partial charge in [-0.1, -0.05) is 28.9 Å². The van der Waals surface area contributed by atoms with Crippen LogP contribution in [-0.2, 0) is 6.42 Å². The van der Waals surface area contributed by atoms with E-state index in [1.54, 1.807) is 0 Å². The van der Waals surface area contributed by atoms with E-state index in [9.17, 15) is 0 Å². The van der Waals surface area contributed by atoms with Crippen molar-refractivity contribution in [2.75, 3.05) is 0 Å². The van der Waals surface area contributed by atoms with E-state index in [1.807, 2.05) is 22.9 Å². The molecule has 2 rings (SSSR count). The van der Waals surface area contributed by atoms with Crippen molar-refractivity contribution in [3.05, 3.63) is 34.1 Å². The van der Waals surface area contributed by atoms with E-state index < -0.39 is 0 Å². The molecule has 0 amide bonds. The first-order valence-corrected chi connectivity index (χ1v) is 6.06. The smallest absolute Gasteiger partial charge is 0.156 e. The van der Waals surface area contributed by atoms with Crippen LogP contribution < -0.4 is 0 Å². The van der Waals surface area contributed by atoms with Crippen LogP contribution in [0.15, 0.2) is 22.7 Å². The van der Waals surface area contributed by atoms with Gasteiger partial charge in [-0.15, -0.1) is 5.10 Å². The molecule has 1 heterocycles. The van der Waals surface area contributed by atoms with Crippen LogP contribution in [0.25, 0.3) is 5.69 Å². The fourth-order valence-corrected chi connectivity index (χ4v) is 1.95. The molecule has 16 heavy (non-hydrogen) atoms. The summed E-state index contributed by atoms with van der Waals surface area (Å²) in [6.45, 7) is 4.17. The van der Waals surface area contributed by atoms with Gasteiger partial charge in [0.25, 0.3) is 0 Å². The van der Waals surface area contributed by atoms with Crippen molar-refractivity contribution in [1.29, 1.82) is 0 Å². The van der Waals surface area contributed by atoms with Crippen LogP contribution in [0.5, 0.6) is 0 Å². The molecule has 0 radical (unpaired) electrons. The molecule has 1 aromatic heterocycles. The normalized spacial score (nSPS) is 10.7. The number of rotatable bonds is 3. The number of aromatic nitrogens is 4. The molecule has 0 spiro atoms. The van der Waals surface area contributed by atoms with Gasteiger partial charge >= 0.3 is 0 Å². The number of nitrogens with zero attached hydrogens (tertiary/aromatic N) is 4. The van der Waals surface area contributed by atoms with E-state index >= 15 is 0 Å². The minimum absolute atomic E-state index is 0.888. The van der Waals surface area contributed by atoms with Gasteiger partial charge in [-0.05, 0) is 41.5 Å². The van der Waals surface area contributed by atoms with E-state index in [4.69, 9.17) is 0 Å². The lowest BCUT2D eigenvalue weighted by atomic mass is 10.2. The van der Waals surface area contributed by atoms with Crippen LogP contribution in [-0.4, -0.2) is 20.2 Å². The largest absolute Gasteiger partial charge is 0.197 e. The Morgan fingerprint density at radius 3 is 2.94 bits per heavy atom. The maximum absolute atomic E-state index is 4.04. The Morgan fingerprint density at radius 1 is 1.38 bits per heavy atom. The summed E-state index contributed by atoms with van der Waals surface area (Å²) in [5.41, 5.74) is 2.18. The van der Waals surface area contributed by atoms with Crippen molar-refractivity contribution in [2.24, 2.45) is 0 Å². The predicted molar refractivity (Wildman–Crippen MR) is 65.6 cm³/mol. The van der Waals surface area contributed by atoms with Crippen LogP contribution in [0.3, 0.4) is 0 Å². The Balaban J connectivity index is 2.50. The highest BCUT2D eigenvalue weighted by molar-refractivity contribution is 9.10. The first-order valence-electron chi connectivity index (χ1n) is 5.26. The zero-order valence-electron chi connectivity index (χ0n) is 9.31. The highest BCUT2D eigenvalue weighted by atomic mass is 79.9. The van der Waals surface area contributed by atoms with Gasteiger partial charge in [0.2, 0.25) is 0 Å². The number of tetrazole rings is 1. The summed E-state index contributed by atoms with van der Waals surface area (Å²) in [4.78, 5) is 0. The van der Waals surface area contributed by atoms with Crippen LogP contribution in [0.4, 0.5) is 0 Å². The van der Waals surface area contributed by atoms with E-state index in [2.05, 4.69) is 45.3 Å². The molecular formula is C11H13BrN4. The highest BCUT2D eigenvalue weighted by Gasteiger charge is 2.10. The molecule has 0 saturated carbocycles. The van der Waals surface area contributed by atoms with Crippen LogP contribution in [0.1, 0.15) is 24.7 Å². The molecule has 0 aliphatic carbocycles. The standard InChI is InChI=1S/C11H13BrN4/c1-3-5-11-13-14-15-16(11)10-7-4-6-9(12)8(10)2/h4,6-7H,3,5H2,1-2H3. The molecule has 0 N–H and O–H groups in total. The zero-order valence-corrected chi connectivity index (χ0v) is 10.9. The molecule has 0 atom stereocenters. The molecule has 0 aliphatic rings. The van der Waals surface area contributed by atoms with E-state index in [0.717, 1.165) is 34.4 Å². The maximum Gasteiger partial charge on any atom is 0.156 e. The summed E-state index contributed by atoms with van der Waals surface area (Å²) in [5.74, 6) is 0.906. The van der Waals surface area contributed by atoms with Gasteiger partial charge in [0.1, 0.15) is 0 Å². The van der Waals surface area contributed by atoms with Crippen molar-refractivity contribution in [1.82, 2.24) is 20.2 Å². The quantitative estimate of drug-likeness (QED) is 0.868. The predicted octanol–water partition coefficient (Wildman–Crippen LogP) is 2.69. The van der Waals surface area contributed by atoms with Crippen molar-refractivity contribution < 1.29 is 0 Å². The van der Waals surface area contributed by atoms with Crippen LogP contribution in [0, 0.1) is 6.92 Å². The van der Waals surface area contributed by atoms with Crippen molar-refractivity contribution in [3.8, 4) is 5.69 Å². The molecule has 2 aromatic rings. The summed E-state index contributed by atoms with van der Waals surface area (Å²) < 4.78 is 2.88. The Labute approximate surface area is 103 Å². The summed E-state index contributed by atoms with van der Waals surface area (Å²) >= 11 is 3.51. The van der Waals surface area contributed by atoms with Gasteiger partial charge in [-0.3, -0.25) is 0 Å². The zero-order chi connectivity index (χ0) is 11.5. The van der Waals surface area contributed by atoms with E-state index in [-0.39, 0.29) is 0 Å². The van der Waals surface area contributed by atoms with E-state index in [0.29, 0.717) is 0 Å². The molecule has 1 aromatic carbocycles. The fraction of sp³-hybridized carbons (Fsp3) is 0.364. The molecule has 0 bridgehead atoms. The molecule has 84 valence electrons. The van der Waals surface area contributed by atoms with E-state index in [1.165, 1.54) is 0 Å². The lowest BCUT2D eigenvalue weighted by molar-refractivity contribution is 0.741. The second kappa shape index (κ2) is 4.74. The lowest BCUT2D eigenvalue weighted by Crippen LogP contribution is -2.05. The van der Waals surface area contributed by atoms with Gasteiger partial charge in [-0.25, -0.2) is 0 Å². The van der Waals surface area contributed by atoms with Gasteiger partial charge < -0.3 is 0 Å². The Bertz CT molecular complexity index is 492. The van der Waals surface area contributed by atoms with Crippen molar-refractivity contribution >= 4 is 15.9 Å². The number of aryl methyl sites for hydroxylation is 1. The van der Waals surface area contributed by atoms with Crippen LogP contribution in [0.2, 0.25) is 0 Å². The fourth-order valence-electron chi connectivity index (χ4n) is 1.60. The SMILES string of the molecule is CCCc1nnnn1-c1cccc(Br)c1C. The third-order valence-corrected chi connectivity index (χ3v) is 3.33. The van der Waals surface area contributed by atoms with Crippen LogP contribution >= 0.6 is 15.9 Å². The van der Waals surface area contributed by atoms with Gasteiger partial charge in [0.15, 0.2) is 5.82 Å². The number of hydrogen-bond acceptors (Lipinski definition) is 3. The Morgan fingerprint density at radius 2 is 2.19 bits per heavy atom. The maximum atomic E-state index is 4.04. The van der Waals surface area contributed by atoms with Crippen molar-refractivity contribution in [3.63, 3.8) is 0 Å². The number of benzene rings is 1. The topological polar surface area (TPSA) is 43.6 Å². The average Bonchev–Trinajstić information content (AvgIpc) is 2.71. The second-order valence-electron chi connectivity index (χ2n) is 3.64. The highest BCUT2D eigenvalue weighted by Crippen LogP contribution is 2.22. The first kappa shape index (κ1) is 11.3. The summed E-state index contributed by atoms with van der Waals surface area (Å²) in [5, 5.41) is 11.8. The molecule has 5 heteroatoms. The first-order chi connectivity index (χ1) is 7.74. The molecule has 0 unspecified atom stereocenters. The number of hydrogen-bond donors (Lipinski definition) is 0. The summed E-state index contributed by atoms with van der Waals surface area (Å²) in [7, 11) is 0. The lowest BCUT2D eigenvalue weighted by Gasteiger charge is -2.08. The molecule has 4 nitrogen and oxygen atoms in total. The minimum Gasteiger partial charge on any atom is -0.197 e. The van der Waals surface area contributed by atoms with Crippen molar-refractivity contribution in [2.45, 2.75) is 26.7 Å². The molecule has 0 aliphatic heterocycles. The van der Waals surface area contributed by atoms with Gasteiger partial charge in [0, 0.05) is 10.9 Å². The molecule has 0 fully saturated rings. The summed E-state index contributed by atoms with van der Waals surface area (Å²) in [6.07, 6.45) is 1.92.